The molecule has 0 spiro atoms. The van der Waals surface area contributed by atoms with Gasteiger partial charge in [-0.05, 0) is 57.6 Å². The molecule has 0 unspecified atom stereocenters. The topological polar surface area (TPSA) is 55.3 Å². The highest BCUT2D eigenvalue weighted by atomic mass is 16.5. The van der Waals surface area contributed by atoms with E-state index in [1.165, 1.54) is 0 Å². The molecule has 5 heteroatoms. The molecular weight excluding hydrogens is 302 g/mol. The number of ether oxygens (including phenoxy) is 1. The van der Waals surface area contributed by atoms with Crippen LogP contribution in [-0.2, 0) is 0 Å². The lowest BCUT2D eigenvalue weighted by molar-refractivity contribution is 0.0949. The number of nitrogens with one attached hydrogen (secondary N) is 2. The predicted molar refractivity (Wildman–Crippen MR) is 97.3 cm³/mol. The third kappa shape index (κ3) is 3.97. The van der Waals surface area contributed by atoms with Gasteiger partial charge < -0.3 is 19.9 Å². The number of rotatable bonds is 7. The Bertz CT molecular complexity index is 689. The SMILES string of the molecule is CCN[C@H](C)CNC(=O)c1cc(C)n(-c2ccc(OC)cc2)c1C. The third-order valence-electron chi connectivity index (χ3n) is 4.13. The average molecular weight is 329 g/mol. The Kier molecular flexibility index (Phi) is 6.04. The molecule has 1 aromatic carbocycles. The van der Waals surface area contributed by atoms with Crippen LogP contribution < -0.4 is 15.4 Å². The lowest BCUT2D eigenvalue weighted by Gasteiger charge is -2.13. The summed E-state index contributed by atoms with van der Waals surface area (Å²) in [6, 6.07) is 10.0. The van der Waals surface area contributed by atoms with Crippen LogP contribution in [0.4, 0.5) is 0 Å². The fraction of sp³-hybridized carbons (Fsp3) is 0.421. The standard InChI is InChI=1S/C19H27N3O2/c1-6-20-13(2)12-21-19(23)18-11-14(3)22(15(18)4)16-7-9-17(24-5)10-8-16/h7-11,13,20H,6,12H2,1-5H3,(H,21,23)/t13-/m1/s1. The fourth-order valence-corrected chi connectivity index (χ4v) is 2.88. The largest absolute Gasteiger partial charge is 0.497 e. The molecule has 0 aliphatic carbocycles. The van der Waals surface area contributed by atoms with Crippen LogP contribution in [0.1, 0.15) is 35.6 Å². The van der Waals surface area contributed by atoms with Crippen molar-refractivity contribution in [2.75, 3.05) is 20.2 Å². The molecule has 1 aromatic heterocycles. The van der Waals surface area contributed by atoms with E-state index in [0.29, 0.717) is 12.1 Å². The monoisotopic (exact) mass is 329 g/mol. The van der Waals surface area contributed by atoms with Crippen molar-refractivity contribution in [2.24, 2.45) is 0 Å². The second-order valence-electron chi connectivity index (χ2n) is 5.99. The molecule has 1 atom stereocenters. The van der Waals surface area contributed by atoms with E-state index in [-0.39, 0.29) is 11.9 Å². The van der Waals surface area contributed by atoms with Crippen LogP contribution in [0.3, 0.4) is 0 Å². The van der Waals surface area contributed by atoms with Crippen LogP contribution in [0.15, 0.2) is 30.3 Å². The first-order valence-corrected chi connectivity index (χ1v) is 8.32. The van der Waals surface area contributed by atoms with Crippen molar-refractivity contribution < 1.29 is 9.53 Å². The zero-order valence-corrected chi connectivity index (χ0v) is 15.1. The molecular formula is C19H27N3O2. The highest BCUT2D eigenvalue weighted by molar-refractivity contribution is 5.95. The van der Waals surface area contributed by atoms with Gasteiger partial charge in [-0.2, -0.15) is 0 Å². The lowest BCUT2D eigenvalue weighted by Crippen LogP contribution is -2.38. The first-order valence-electron chi connectivity index (χ1n) is 8.32. The van der Waals surface area contributed by atoms with Gasteiger partial charge in [0, 0.05) is 29.7 Å². The van der Waals surface area contributed by atoms with Crippen molar-refractivity contribution in [3.63, 3.8) is 0 Å². The highest BCUT2D eigenvalue weighted by Gasteiger charge is 2.17. The molecule has 2 N–H and O–H groups in total. The van der Waals surface area contributed by atoms with Gasteiger partial charge in [0.15, 0.2) is 0 Å². The van der Waals surface area contributed by atoms with E-state index < -0.39 is 0 Å². The normalized spacial score (nSPS) is 12.0. The van der Waals surface area contributed by atoms with Crippen LogP contribution in [0.5, 0.6) is 5.75 Å². The molecule has 24 heavy (non-hydrogen) atoms. The second-order valence-corrected chi connectivity index (χ2v) is 5.99. The Hall–Kier alpha value is -2.27. The summed E-state index contributed by atoms with van der Waals surface area (Å²) >= 11 is 0. The maximum absolute atomic E-state index is 12.5. The number of nitrogens with zero attached hydrogens (tertiary/aromatic N) is 1. The molecule has 1 amide bonds. The average Bonchev–Trinajstić information content (AvgIpc) is 2.88. The first-order chi connectivity index (χ1) is 11.5. The molecule has 0 saturated heterocycles. The summed E-state index contributed by atoms with van der Waals surface area (Å²) in [4.78, 5) is 12.5. The van der Waals surface area contributed by atoms with E-state index in [9.17, 15) is 4.79 Å². The van der Waals surface area contributed by atoms with Crippen molar-refractivity contribution in [2.45, 2.75) is 33.7 Å². The fourth-order valence-electron chi connectivity index (χ4n) is 2.88. The summed E-state index contributed by atoms with van der Waals surface area (Å²) in [5.41, 5.74) is 3.70. The van der Waals surface area contributed by atoms with Crippen molar-refractivity contribution in [3.8, 4) is 11.4 Å². The number of benzene rings is 1. The van der Waals surface area contributed by atoms with Gasteiger partial charge in [0.2, 0.25) is 0 Å². The van der Waals surface area contributed by atoms with Crippen LogP contribution in [0.25, 0.3) is 5.69 Å². The van der Waals surface area contributed by atoms with Gasteiger partial charge in [-0.3, -0.25) is 4.79 Å². The number of hydrogen-bond acceptors (Lipinski definition) is 3. The number of aryl methyl sites for hydroxylation is 1. The smallest absolute Gasteiger partial charge is 0.253 e. The van der Waals surface area contributed by atoms with Crippen LogP contribution in [0, 0.1) is 13.8 Å². The minimum atomic E-state index is -0.0346. The molecule has 0 aliphatic heterocycles. The minimum Gasteiger partial charge on any atom is -0.497 e. The van der Waals surface area contributed by atoms with Gasteiger partial charge in [-0.25, -0.2) is 0 Å². The molecule has 2 rings (SSSR count). The molecule has 1 heterocycles. The van der Waals surface area contributed by atoms with Crippen molar-refractivity contribution in [1.29, 1.82) is 0 Å². The van der Waals surface area contributed by atoms with Crippen LogP contribution in [-0.4, -0.2) is 36.7 Å². The Morgan fingerprint density at radius 1 is 1.25 bits per heavy atom. The molecule has 0 radical (unpaired) electrons. The number of likely N-dealkylation sites (N-methyl/N-ethyl adjacent to an activating group) is 1. The zero-order chi connectivity index (χ0) is 17.7. The number of carbonyl (C=O) groups is 1. The van der Waals surface area contributed by atoms with Gasteiger partial charge in [-0.15, -0.1) is 0 Å². The second kappa shape index (κ2) is 8.02. The van der Waals surface area contributed by atoms with Gasteiger partial charge in [-0.1, -0.05) is 6.92 Å². The van der Waals surface area contributed by atoms with Crippen molar-refractivity contribution >= 4 is 5.91 Å². The Morgan fingerprint density at radius 3 is 2.50 bits per heavy atom. The van der Waals surface area contributed by atoms with Crippen molar-refractivity contribution in [1.82, 2.24) is 15.2 Å². The van der Waals surface area contributed by atoms with E-state index in [1.807, 2.05) is 44.2 Å². The molecule has 5 nitrogen and oxygen atoms in total. The lowest BCUT2D eigenvalue weighted by atomic mass is 10.2. The van der Waals surface area contributed by atoms with E-state index in [1.54, 1.807) is 7.11 Å². The van der Waals surface area contributed by atoms with Gasteiger partial charge in [0.05, 0.1) is 12.7 Å². The summed E-state index contributed by atoms with van der Waals surface area (Å²) in [6.45, 7) is 9.60. The summed E-state index contributed by atoms with van der Waals surface area (Å²) in [6.07, 6.45) is 0. The highest BCUT2D eigenvalue weighted by Crippen LogP contribution is 2.22. The minimum absolute atomic E-state index is 0.0346. The molecule has 0 fully saturated rings. The Morgan fingerprint density at radius 2 is 1.92 bits per heavy atom. The first kappa shape index (κ1) is 18.1. The van der Waals surface area contributed by atoms with E-state index in [0.717, 1.165) is 29.4 Å². The van der Waals surface area contributed by atoms with E-state index in [2.05, 4.69) is 29.0 Å². The molecule has 130 valence electrons. The van der Waals surface area contributed by atoms with E-state index >= 15 is 0 Å². The number of aromatic nitrogens is 1. The third-order valence-corrected chi connectivity index (χ3v) is 4.13. The van der Waals surface area contributed by atoms with Crippen molar-refractivity contribution in [3.05, 3.63) is 47.3 Å². The maximum atomic E-state index is 12.5. The summed E-state index contributed by atoms with van der Waals surface area (Å²) in [5.74, 6) is 0.782. The molecule has 0 aliphatic rings. The molecule has 0 saturated carbocycles. The maximum Gasteiger partial charge on any atom is 0.253 e. The van der Waals surface area contributed by atoms with Gasteiger partial charge in [0.1, 0.15) is 5.75 Å². The zero-order valence-electron chi connectivity index (χ0n) is 15.1. The van der Waals surface area contributed by atoms with Gasteiger partial charge >= 0.3 is 0 Å². The summed E-state index contributed by atoms with van der Waals surface area (Å²) < 4.78 is 7.29. The van der Waals surface area contributed by atoms with Crippen LogP contribution >= 0.6 is 0 Å². The number of amides is 1. The quantitative estimate of drug-likeness (QED) is 0.821. The van der Waals surface area contributed by atoms with E-state index in [4.69, 9.17) is 4.74 Å². The molecule has 2 aromatic rings. The predicted octanol–water partition coefficient (Wildman–Crippen LogP) is 2.83. The number of methoxy groups -OCH3 is 1. The molecule has 0 bridgehead atoms. The summed E-state index contributed by atoms with van der Waals surface area (Å²) in [5, 5.41) is 6.29. The summed E-state index contributed by atoms with van der Waals surface area (Å²) in [7, 11) is 1.65. The van der Waals surface area contributed by atoms with Crippen LogP contribution in [0.2, 0.25) is 0 Å². The Balaban J connectivity index is 2.20. The number of carbonyl (C=O) groups excluding carboxylic acids is 1. The Labute approximate surface area is 144 Å². The number of hydrogen-bond donors (Lipinski definition) is 2. The van der Waals surface area contributed by atoms with Gasteiger partial charge in [0.25, 0.3) is 5.91 Å².